The van der Waals surface area contributed by atoms with Gasteiger partial charge in [-0.15, -0.1) is 0 Å². The van der Waals surface area contributed by atoms with Gasteiger partial charge in [0.2, 0.25) is 10.0 Å². The molecule has 1 aliphatic rings. The number of ether oxygens (including phenoxy) is 1. The number of likely N-dealkylation sites (N-methyl/N-ethyl adjacent to an activating group) is 1. The Bertz CT molecular complexity index is 1550. The first-order chi connectivity index (χ1) is 19.0. The molecular weight excluding hydrogens is 535 g/mol. The van der Waals surface area contributed by atoms with Gasteiger partial charge in [0.1, 0.15) is 5.82 Å². The molecule has 0 atom stereocenters. The number of rotatable bonds is 10. The van der Waals surface area contributed by atoms with Crippen molar-refractivity contribution in [3.8, 4) is 0 Å². The van der Waals surface area contributed by atoms with Gasteiger partial charge in [-0.1, -0.05) is 24.3 Å². The molecule has 0 saturated heterocycles. The van der Waals surface area contributed by atoms with Crippen LogP contribution in [0.3, 0.4) is 0 Å². The number of benzene rings is 3. The molecule has 0 bridgehead atoms. The second-order valence-electron chi connectivity index (χ2n) is 9.65. The molecule has 0 aliphatic carbocycles. The first kappa shape index (κ1) is 28.8. The molecule has 0 spiro atoms. The second kappa shape index (κ2) is 11.9. The van der Waals surface area contributed by atoms with Gasteiger partial charge in [0.25, 0.3) is 5.91 Å². The van der Waals surface area contributed by atoms with Gasteiger partial charge in [0.05, 0.1) is 42.4 Å². The van der Waals surface area contributed by atoms with Gasteiger partial charge in [-0.05, 0) is 67.7 Å². The summed E-state index contributed by atoms with van der Waals surface area (Å²) in [7, 11) is 1.56. The Morgan fingerprint density at radius 1 is 1.00 bits per heavy atom. The van der Waals surface area contributed by atoms with Crippen LogP contribution in [-0.2, 0) is 30.8 Å². The highest BCUT2D eigenvalue weighted by molar-refractivity contribution is 7.92. The lowest BCUT2D eigenvalue weighted by atomic mass is 9.98. The first-order valence-corrected chi connectivity index (χ1v) is 14.3. The number of hydrogen-bond acceptors (Lipinski definition) is 7. The third-order valence-electron chi connectivity index (χ3n) is 6.37. The molecule has 0 unspecified atom stereocenters. The summed E-state index contributed by atoms with van der Waals surface area (Å²) < 4.78 is 44.8. The maximum Gasteiger partial charge on any atom is 0.309 e. The smallest absolute Gasteiger partial charge is 0.309 e. The zero-order valence-corrected chi connectivity index (χ0v) is 23.5. The lowest BCUT2D eigenvalue weighted by Gasteiger charge is -2.24. The van der Waals surface area contributed by atoms with E-state index in [9.17, 15) is 22.4 Å². The van der Waals surface area contributed by atoms with Gasteiger partial charge in [0, 0.05) is 24.3 Å². The number of carbonyl (C=O) groups is 2. The van der Waals surface area contributed by atoms with Crippen LogP contribution in [-0.4, -0.2) is 65.7 Å². The van der Waals surface area contributed by atoms with E-state index in [1.807, 2.05) is 19.0 Å². The minimum atomic E-state index is -3.50. The molecule has 1 aliphatic heterocycles. The van der Waals surface area contributed by atoms with Crippen LogP contribution in [0.5, 0.6) is 0 Å². The number of sulfonamides is 1. The number of carbonyl (C=O) groups excluding carboxylic acids is 2. The highest BCUT2D eigenvalue weighted by Crippen LogP contribution is 2.38. The van der Waals surface area contributed by atoms with Crippen LogP contribution in [0.1, 0.15) is 16.7 Å². The fraction of sp³-hybridized carbons (Fsp3) is 0.241. The molecular formula is C29H31FN4O5S. The summed E-state index contributed by atoms with van der Waals surface area (Å²) in [6.45, 7) is 0.837. The quantitative estimate of drug-likeness (QED) is 0.284. The van der Waals surface area contributed by atoms with E-state index in [0.717, 1.165) is 5.56 Å². The third-order valence-corrected chi connectivity index (χ3v) is 7.56. The summed E-state index contributed by atoms with van der Waals surface area (Å²) in [6, 6.07) is 18.0. The zero-order chi connectivity index (χ0) is 29.0. The summed E-state index contributed by atoms with van der Waals surface area (Å²) in [5.41, 5.74) is 4.20. The third kappa shape index (κ3) is 6.67. The largest absolute Gasteiger partial charge is 0.469 e. The van der Waals surface area contributed by atoms with Crippen molar-refractivity contribution >= 4 is 50.2 Å². The van der Waals surface area contributed by atoms with E-state index in [1.165, 1.54) is 29.8 Å². The van der Waals surface area contributed by atoms with Crippen LogP contribution in [0, 0.1) is 5.82 Å². The van der Waals surface area contributed by atoms with Gasteiger partial charge in [-0.2, -0.15) is 0 Å². The number of nitrogens with one attached hydrogen (secondary N) is 2. The van der Waals surface area contributed by atoms with Crippen molar-refractivity contribution in [2.24, 2.45) is 0 Å². The predicted molar refractivity (Wildman–Crippen MR) is 155 cm³/mol. The number of halogens is 1. The van der Waals surface area contributed by atoms with E-state index in [2.05, 4.69) is 10.6 Å². The van der Waals surface area contributed by atoms with Crippen molar-refractivity contribution in [1.29, 1.82) is 0 Å². The molecule has 0 saturated carbocycles. The Kier molecular flexibility index (Phi) is 8.55. The molecule has 9 nitrogen and oxygen atoms in total. The van der Waals surface area contributed by atoms with Crippen LogP contribution in [0.4, 0.5) is 21.5 Å². The second-order valence-corrected chi connectivity index (χ2v) is 11.6. The van der Waals surface area contributed by atoms with Gasteiger partial charge >= 0.3 is 5.97 Å². The normalized spacial score (nSPS) is 14.0. The zero-order valence-electron chi connectivity index (χ0n) is 22.7. The number of hydrogen-bond donors (Lipinski definition) is 2. The minimum absolute atomic E-state index is 0.102. The molecule has 11 heteroatoms. The molecule has 3 aromatic rings. The molecule has 0 aromatic heterocycles. The van der Waals surface area contributed by atoms with Crippen molar-refractivity contribution in [3.05, 3.63) is 89.2 Å². The molecule has 1 heterocycles. The Labute approximate surface area is 233 Å². The lowest BCUT2D eigenvalue weighted by Crippen LogP contribution is -2.35. The Morgan fingerprint density at radius 2 is 1.68 bits per heavy atom. The summed E-state index contributed by atoms with van der Waals surface area (Å²) in [5.74, 6) is -1.24. The van der Waals surface area contributed by atoms with E-state index in [1.54, 1.807) is 54.6 Å². The molecule has 0 radical (unpaired) electrons. The first-order valence-electron chi connectivity index (χ1n) is 12.5. The van der Waals surface area contributed by atoms with E-state index in [0.29, 0.717) is 52.5 Å². The van der Waals surface area contributed by atoms with Crippen LogP contribution in [0.2, 0.25) is 0 Å². The average Bonchev–Trinajstić information content (AvgIpc) is 3.22. The average molecular weight is 567 g/mol. The van der Waals surface area contributed by atoms with Crippen LogP contribution < -0.4 is 14.9 Å². The molecule has 3 aromatic carbocycles. The number of esters is 1. The minimum Gasteiger partial charge on any atom is -0.469 e. The molecule has 210 valence electrons. The number of amides is 1. The molecule has 40 heavy (non-hydrogen) atoms. The topological polar surface area (TPSA) is 108 Å². The van der Waals surface area contributed by atoms with Gasteiger partial charge < -0.3 is 20.3 Å². The van der Waals surface area contributed by atoms with Gasteiger partial charge in [-0.3, -0.25) is 13.9 Å². The fourth-order valence-corrected chi connectivity index (χ4v) is 5.25. The number of methoxy groups -OCH3 is 1. The number of anilines is 3. The van der Waals surface area contributed by atoms with E-state index in [-0.39, 0.29) is 12.4 Å². The summed E-state index contributed by atoms with van der Waals surface area (Å²) in [5, 5.41) is 6.02. The maximum absolute atomic E-state index is 13.9. The summed E-state index contributed by atoms with van der Waals surface area (Å²) in [6.07, 6.45) is 1.27. The van der Waals surface area contributed by atoms with Crippen molar-refractivity contribution in [3.63, 3.8) is 0 Å². The number of fused-ring (bicyclic) bond motifs is 1. The van der Waals surface area contributed by atoms with E-state index < -0.39 is 21.7 Å². The highest BCUT2D eigenvalue weighted by Gasteiger charge is 2.29. The molecule has 0 fully saturated rings. The van der Waals surface area contributed by atoms with E-state index >= 15 is 0 Å². The Hall–Kier alpha value is -4.22. The molecule has 4 rings (SSSR count). The van der Waals surface area contributed by atoms with Crippen LogP contribution in [0.15, 0.2) is 66.7 Å². The fourth-order valence-electron chi connectivity index (χ4n) is 4.33. The summed E-state index contributed by atoms with van der Waals surface area (Å²) >= 11 is 0. The monoisotopic (exact) mass is 566 g/mol. The SMILES string of the molecule is COC(=O)Cc1ccc(C(Nc2ccc(N(CCN(C)C)S(C)(=O)=O)cc2)=C2C(=O)Nc3cc(F)ccc32)cc1. The maximum atomic E-state index is 13.9. The van der Waals surface area contributed by atoms with Crippen molar-refractivity contribution in [1.82, 2.24) is 4.90 Å². The van der Waals surface area contributed by atoms with Crippen molar-refractivity contribution in [2.75, 3.05) is 55.5 Å². The van der Waals surface area contributed by atoms with Crippen molar-refractivity contribution < 1.29 is 27.1 Å². The van der Waals surface area contributed by atoms with Crippen molar-refractivity contribution in [2.45, 2.75) is 6.42 Å². The lowest BCUT2D eigenvalue weighted by molar-refractivity contribution is -0.139. The standard InChI is InChI=1S/C29H31FN4O5S/c1-33(2)15-16-34(40(4,37)38)23-12-10-22(11-13-23)31-28(20-7-5-19(6-8-20)17-26(35)39-3)27-24-14-9-21(30)18-25(24)32-29(27)36/h5-14,18,31H,15-17H2,1-4H3,(H,32,36). The van der Waals surface area contributed by atoms with Gasteiger partial charge in [0.15, 0.2) is 0 Å². The number of nitrogens with zero attached hydrogens (tertiary/aromatic N) is 2. The molecule has 2 N–H and O–H groups in total. The summed E-state index contributed by atoms with van der Waals surface area (Å²) in [4.78, 5) is 26.7. The Morgan fingerprint density at radius 3 is 2.27 bits per heavy atom. The van der Waals surface area contributed by atoms with Crippen LogP contribution in [0.25, 0.3) is 11.3 Å². The highest BCUT2D eigenvalue weighted by atomic mass is 32.2. The predicted octanol–water partition coefficient (Wildman–Crippen LogP) is 3.80. The Balaban J connectivity index is 1.73. The van der Waals surface area contributed by atoms with Crippen LogP contribution >= 0.6 is 0 Å². The molecule has 1 amide bonds. The van der Waals surface area contributed by atoms with E-state index in [4.69, 9.17) is 4.74 Å². The van der Waals surface area contributed by atoms with Gasteiger partial charge in [-0.25, -0.2) is 12.8 Å².